The number of nitrogens with one attached hydrogen (secondary N) is 1. The third-order valence-corrected chi connectivity index (χ3v) is 6.83. The molecule has 0 atom stereocenters. The topological polar surface area (TPSA) is 73.9 Å². The van der Waals surface area contributed by atoms with Crippen LogP contribution in [0.1, 0.15) is 79.2 Å². The first-order valence-corrected chi connectivity index (χ1v) is 12.9. The Kier molecular flexibility index (Phi) is 9.61. The normalized spacial score (nSPS) is 13.8. The molecule has 0 unspecified atom stereocenters. The molecule has 6 nitrogen and oxygen atoms in total. The molecule has 1 aliphatic carbocycles. The Hall–Kier alpha value is -2.54. The molecule has 0 bridgehead atoms. The van der Waals surface area contributed by atoms with Crippen LogP contribution in [0, 0.1) is 0 Å². The standard InChI is InChI=1S/C26H35NO5S/c1-4-30-20-15-14-18(16-21(20)31-5-2)17-23(28)27-25-24(26(29)32-6-3)19-12-10-8-7-9-11-13-22(19)33-25/h14-16H,4-13,17H2,1-3H3,(H,27,28). The van der Waals surface area contributed by atoms with Crippen LogP contribution in [-0.2, 0) is 28.8 Å². The molecule has 3 rings (SSSR count). The molecule has 1 heterocycles. The lowest BCUT2D eigenvalue weighted by atomic mass is 10.0. The van der Waals surface area contributed by atoms with Gasteiger partial charge in [0.05, 0.1) is 31.8 Å². The van der Waals surface area contributed by atoms with E-state index in [1.54, 1.807) is 6.92 Å². The van der Waals surface area contributed by atoms with Crippen LogP contribution in [-0.4, -0.2) is 31.7 Å². The van der Waals surface area contributed by atoms with Gasteiger partial charge in [-0.2, -0.15) is 0 Å². The van der Waals surface area contributed by atoms with Gasteiger partial charge in [0.2, 0.25) is 5.91 Å². The molecule has 0 radical (unpaired) electrons. The fourth-order valence-electron chi connectivity index (χ4n) is 4.17. The molecule has 0 spiro atoms. The summed E-state index contributed by atoms with van der Waals surface area (Å²) < 4.78 is 16.7. The molecular formula is C26H35NO5S. The highest BCUT2D eigenvalue weighted by molar-refractivity contribution is 7.17. The van der Waals surface area contributed by atoms with E-state index in [9.17, 15) is 9.59 Å². The summed E-state index contributed by atoms with van der Waals surface area (Å²) in [6.07, 6.45) is 7.74. The first-order chi connectivity index (χ1) is 16.1. The van der Waals surface area contributed by atoms with Crippen molar-refractivity contribution in [1.29, 1.82) is 0 Å². The largest absolute Gasteiger partial charge is 0.490 e. The van der Waals surface area contributed by atoms with Crippen LogP contribution in [0.25, 0.3) is 0 Å². The van der Waals surface area contributed by atoms with Gasteiger partial charge in [0.15, 0.2) is 11.5 Å². The Morgan fingerprint density at radius 2 is 1.61 bits per heavy atom. The van der Waals surface area contributed by atoms with E-state index < -0.39 is 0 Å². The zero-order chi connectivity index (χ0) is 23.6. The highest BCUT2D eigenvalue weighted by Crippen LogP contribution is 2.37. The van der Waals surface area contributed by atoms with Gasteiger partial charge in [-0.1, -0.05) is 25.3 Å². The number of rotatable bonds is 9. The van der Waals surface area contributed by atoms with E-state index in [2.05, 4.69) is 5.32 Å². The minimum Gasteiger partial charge on any atom is -0.490 e. The lowest BCUT2D eigenvalue weighted by Crippen LogP contribution is -2.17. The fourth-order valence-corrected chi connectivity index (χ4v) is 5.46. The number of hydrogen-bond donors (Lipinski definition) is 1. The van der Waals surface area contributed by atoms with Crippen molar-refractivity contribution >= 4 is 28.2 Å². The number of ether oxygens (including phenoxy) is 3. The van der Waals surface area contributed by atoms with Crippen LogP contribution < -0.4 is 14.8 Å². The molecule has 1 amide bonds. The fraction of sp³-hybridized carbons (Fsp3) is 0.538. The molecule has 0 aliphatic heterocycles. The summed E-state index contributed by atoms with van der Waals surface area (Å²) in [5, 5.41) is 3.62. The van der Waals surface area contributed by atoms with Gasteiger partial charge >= 0.3 is 5.97 Å². The minimum absolute atomic E-state index is 0.168. The van der Waals surface area contributed by atoms with E-state index in [-0.39, 0.29) is 18.3 Å². The van der Waals surface area contributed by atoms with Crippen molar-refractivity contribution in [2.24, 2.45) is 0 Å². The molecular weight excluding hydrogens is 438 g/mol. The van der Waals surface area contributed by atoms with Crippen molar-refractivity contribution in [3.05, 3.63) is 39.8 Å². The van der Waals surface area contributed by atoms with E-state index in [4.69, 9.17) is 14.2 Å². The second-order valence-corrected chi connectivity index (χ2v) is 9.17. The minimum atomic E-state index is -0.343. The molecule has 33 heavy (non-hydrogen) atoms. The quantitative estimate of drug-likeness (QED) is 0.455. The molecule has 7 heteroatoms. The summed E-state index contributed by atoms with van der Waals surface area (Å²) in [6.45, 7) is 7.00. The maximum absolute atomic E-state index is 13.0. The van der Waals surface area contributed by atoms with Crippen molar-refractivity contribution in [3.8, 4) is 11.5 Å². The number of carbonyl (C=O) groups excluding carboxylic acids is 2. The van der Waals surface area contributed by atoms with Crippen LogP contribution in [0.15, 0.2) is 18.2 Å². The van der Waals surface area contributed by atoms with Crippen LogP contribution in [0.2, 0.25) is 0 Å². The van der Waals surface area contributed by atoms with E-state index in [0.29, 0.717) is 41.9 Å². The second-order valence-electron chi connectivity index (χ2n) is 8.07. The van der Waals surface area contributed by atoms with Crippen molar-refractivity contribution in [3.63, 3.8) is 0 Å². The highest BCUT2D eigenvalue weighted by atomic mass is 32.1. The van der Waals surface area contributed by atoms with Crippen LogP contribution in [0.3, 0.4) is 0 Å². The zero-order valence-electron chi connectivity index (χ0n) is 20.0. The number of aryl methyl sites for hydroxylation is 1. The van der Waals surface area contributed by atoms with Gasteiger partial charge in [0, 0.05) is 4.88 Å². The summed E-state index contributed by atoms with van der Waals surface area (Å²) in [4.78, 5) is 27.0. The third-order valence-electron chi connectivity index (χ3n) is 5.63. The molecule has 1 aliphatic rings. The lowest BCUT2D eigenvalue weighted by Gasteiger charge is -2.12. The number of hydrogen-bond acceptors (Lipinski definition) is 6. The molecule has 0 fully saturated rings. The monoisotopic (exact) mass is 473 g/mol. The average molecular weight is 474 g/mol. The number of anilines is 1. The molecule has 1 N–H and O–H groups in total. The predicted octanol–water partition coefficient (Wildman–Crippen LogP) is 5.95. The summed E-state index contributed by atoms with van der Waals surface area (Å²) in [6, 6.07) is 5.55. The number of amides is 1. The van der Waals surface area contributed by atoms with Gasteiger partial charge in [-0.3, -0.25) is 4.79 Å². The first-order valence-electron chi connectivity index (χ1n) is 12.1. The van der Waals surface area contributed by atoms with Crippen molar-refractivity contribution in [2.75, 3.05) is 25.1 Å². The second kappa shape index (κ2) is 12.6. The van der Waals surface area contributed by atoms with E-state index >= 15 is 0 Å². The summed E-state index contributed by atoms with van der Waals surface area (Å²) in [5.41, 5.74) is 2.44. The molecule has 0 saturated carbocycles. The SMILES string of the molecule is CCOC(=O)c1c(NC(=O)Cc2ccc(OCC)c(OCC)c2)sc2c1CCCCCCC2. The Bertz CT molecular complexity index is 952. The lowest BCUT2D eigenvalue weighted by molar-refractivity contribution is -0.115. The van der Waals surface area contributed by atoms with E-state index in [1.165, 1.54) is 35.5 Å². The van der Waals surface area contributed by atoms with Gasteiger partial charge < -0.3 is 19.5 Å². The van der Waals surface area contributed by atoms with Crippen molar-refractivity contribution in [1.82, 2.24) is 0 Å². The number of fused-ring (bicyclic) bond motifs is 1. The summed E-state index contributed by atoms with van der Waals surface area (Å²) in [5.74, 6) is 0.789. The van der Waals surface area contributed by atoms with Gasteiger partial charge in [-0.05, 0) is 69.7 Å². The average Bonchev–Trinajstić information content (AvgIpc) is 3.16. The Morgan fingerprint density at radius 1 is 0.909 bits per heavy atom. The first kappa shape index (κ1) is 25.1. The highest BCUT2D eigenvalue weighted by Gasteiger charge is 2.26. The third kappa shape index (κ3) is 6.73. The van der Waals surface area contributed by atoms with Crippen LogP contribution in [0.5, 0.6) is 11.5 Å². The number of thiophene rings is 1. The predicted molar refractivity (Wildman–Crippen MR) is 132 cm³/mol. The maximum Gasteiger partial charge on any atom is 0.341 e. The van der Waals surface area contributed by atoms with Crippen molar-refractivity contribution in [2.45, 2.75) is 72.1 Å². The smallest absolute Gasteiger partial charge is 0.341 e. The molecule has 1 aromatic carbocycles. The van der Waals surface area contributed by atoms with Gasteiger partial charge in [-0.15, -0.1) is 11.3 Å². The molecule has 0 saturated heterocycles. The Morgan fingerprint density at radius 3 is 2.33 bits per heavy atom. The van der Waals surface area contributed by atoms with Gasteiger partial charge in [-0.25, -0.2) is 4.79 Å². The molecule has 180 valence electrons. The van der Waals surface area contributed by atoms with E-state index in [1.807, 2.05) is 32.0 Å². The number of benzene rings is 1. The maximum atomic E-state index is 13.0. The van der Waals surface area contributed by atoms with Crippen molar-refractivity contribution < 1.29 is 23.8 Å². The van der Waals surface area contributed by atoms with E-state index in [0.717, 1.165) is 36.8 Å². The Labute approximate surface area is 200 Å². The van der Waals surface area contributed by atoms with Gasteiger partial charge in [0.1, 0.15) is 5.00 Å². The summed E-state index contributed by atoms with van der Waals surface area (Å²) in [7, 11) is 0. The van der Waals surface area contributed by atoms with Crippen LogP contribution >= 0.6 is 11.3 Å². The molecule has 1 aromatic heterocycles. The van der Waals surface area contributed by atoms with Crippen LogP contribution in [0.4, 0.5) is 5.00 Å². The van der Waals surface area contributed by atoms with Gasteiger partial charge in [0.25, 0.3) is 0 Å². The zero-order valence-corrected chi connectivity index (χ0v) is 20.8. The molecule has 2 aromatic rings. The number of esters is 1. The number of carbonyl (C=O) groups is 2. The Balaban J connectivity index is 1.82. The summed E-state index contributed by atoms with van der Waals surface area (Å²) >= 11 is 1.53.